The number of ether oxygens (including phenoxy) is 1. The second kappa shape index (κ2) is 8.72. The number of hydrogen-bond donors (Lipinski definition) is 4. The van der Waals surface area contributed by atoms with Gasteiger partial charge in [-0.2, -0.15) is 0 Å². The molecule has 172 valence electrons. The van der Waals surface area contributed by atoms with E-state index in [1.54, 1.807) is 6.21 Å². The Labute approximate surface area is 182 Å². The lowest BCUT2D eigenvalue weighted by Gasteiger charge is -2.31. The molecule has 2 atom stereocenters. The van der Waals surface area contributed by atoms with E-state index in [1.807, 2.05) is 4.57 Å². The summed E-state index contributed by atoms with van der Waals surface area (Å²) in [5.41, 5.74) is 0.0562. The molecule has 1 aliphatic carbocycles. The van der Waals surface area contributed by atoms with Gasteiger partial charge in [-0.05, 0) is 32.1 Å². The van der Waals surface area contributed by atoms with Crippen molar-refractivity contribution in [3.05, 3.63) is 35.3 Å². The molecular formula is C21H25F3N6O2. The highest BCUT2D eigenvalue weighted by molar-refractivity contribution is 5.88. The third-order valence-corrected chi connectivity index (χ3v) is 6.16. The van der Waals surface area contributed by atoms with Gasteiger partial charge in [0.1, 0.15) is 23.0 Å². The Kier molecular flexibility index (Phi) is 5.78. The summed E-state index contributed by atoms with van der Waals surface area (Å²) in [6.07, 6.45) is 4.90. The summed E-state index contributed by atoms with van der Waals surface area (Å²) >= 11 is 0. The Hall–Kier alpha value is -2.63. The van der Waals surface area contributed by atoms with Crippen LogP contribution in [0.3, 0.4) is 0 Å². The minimum Gasteiger partial charge on any atom is -0.393 e. The van der Waals surface area contributed by atoms with Crippen molar-refractivity contribution in [2.45, 2.75) is 56.6 Å². The number of halogens is 3. The number of nitrogens with one attached hydrogen (secondary N) is 3. The topological polar surface area (TPSA) is 95.7 Å². The van der Waals surface area contributed by atoms with Crippen LogP contribution < -0.4 is 16.0 Å². The second-order valence-corrected chi connectivity index (χ2v) is 8.42. The van der Waals surface area contributed by atoms with E-state index in [0.717, 1.165) is 25.7 Å². The van der Waals surface area contributed by atoms with Crippen LogP contribution in [0.4, 0.5) is 30.6 Å². The van der Waals surface area contributed by atoms with Crippen LogP contribution in [0.5, 0.6) is 0 Å². The first-order valence-corrected chi connectivity index (χ1v) is 10.8. The van der Waals surface area contributed by atoms with Crippen molar-refractivity contribution in [3.8, 4) is 0 Å². The average Bonchev–Trinajstić information content (AvgIpc) is 3.39. The van der Waals surface area contributed by atoms with Crippen molar-refractivity contribution in [2.24, 2.45) is 4.99 Å². The average molecular weight is 450 g/mol. The van der Waals surface area contributed by atoms with Crippen LogP contribution in [0.2, 0.25) is 0 Å². The van der Waals surface area contributed by atoms with Crippen molar-refractivity contribution in [2.75, 3.05) is 23.8 Å². The first-order valence-electron chi connectivity index (χ1n) is 10.8. The zero-order chi connectivity index (χ0) is 22.2. The summed E-state index contributed by atoms with van der Waals surface area (Å²) in [7, 11) is 0. The number of fused-ring (bicyclic) bond motifs is 1. The van der Waals surface area contributed by atoms with Crippen LogP contribution in [0.1, 0.15) is 43.8 Å². The monoisotopic (exact) mass is 450 g/mol. The van der Waals surface area contributed by atoms with Crippen LogP contribution >= 0.6 is 0 Å². The van der Waals surface area contributed by atoms with Crippen LogP contribution in [0.25, 0.3) is 0 Å². The maximum absolute atomic E-state index is 14.3. The maximum atomic E-state index is 14.3. The molecule has 1 saturated carbocycles. The van der Waals surface area contributed by atoms with Gasteiger partial charge in [-0.25, -0.2) is 18.2 Å². The number of aliphatic hydroxyl groups is 1. The lowest BCUT2D eigenvalue weighted by atomic mass is 9.93. The Morgan fingerprint density at radius 3 is 2.53 bits per heavy atom. The number of aromatic nitrogens is 2. The smallest absolute Gasteiger partial charge is 0.210 e. The molecule has 1 saturated heterocycles. The van der Waals surface area contributed by atoms with Gasteiger partial charge < -0.3 is 20.5 Å². The molecule has 11 heteroatoms. The molecule has 2 unspecified atom stereocenters. The minimum atomic E-state index is -1.04. The number of hydrogen-bond acceptors (Lipinski definition) is 7. The van der Waals surface area contributed by atoms with Crippen molar-refractivity contribution in [3.63, 3.8) is 0 Å². The van der Waals surface area contributed by atoms with Gasteiger partial charge in [-0.15, -0.1) is 0 Å². The van der Waals surface area contributed by atoms with E-state index in [-0.39, 0.29) is 24.1 Å². The van der Waals surface area contributed by atoms with Crippen molar-refractivity contribution < 1.29 is 23.0 Å². The first-order chi connectivity index (χ1) is 15.5. The van der Waals surface area contributed by atoms with Crippen LogP contribution in [0.15, 0.2) is 17.1 Å². The lowest BCUT2D eigenvalue weighted by Crippen LogP contribution is -2.45. The Morgan fingerprint density at radius 1 is 1.09 bits per heavy atom. The van der Waals surface area contributed by atoms with Crippen LogP contribution in [-0.2, 0) is 4.74 Å². The molecule has 2 fully saturated rings. The van der Waals surface area contributed by atoms with Gasteiger partial charge in [0, 0.05) is 24.8 Å². The fourth-order valence-corrected chi connectivity index (χ4v) is 4.49. The van der Waals surface area contributed by atoms with Gasteiger partial charge in [0.15, 0.2) is 17.9 Å². The molecule has 1 aromatic carbocycles. The summed E-state index contributed by atoms with van der Waals surface area (Å²) in [6.45, 7) is 1.000. The second-order valence-electron chi connectivity index (χ2n) is 8.42. The fraction of sp³-hybridized carbons (Fsp3) is 0.524. The molecule has 2 aromatic rings. The van der Waals surface area contributed by atoms with E-state index < -0.39 is 29.4 Å². The van der Waals surface area contributed by atoms with Gasteiger partial charge in [0.2, 0.25) is 5.95 Å². The van der Waals surface area contributed by atoms with Crippen molar-refractivity contribution in [1.29, 1.82) is 0 Å². The SMILES string of the molecule is OC1CCC(NC2N=Cc3nc(Nc4c(F)cc(F)cc4F)n(C4CCOC4)c3N2)CC1. The highest BCUT2D eigenvalue weighted by Gasteiger charge is 2.31. The molecular weight excluding hydrogens is 425 g/mol. The molecule has 0 radical (unpaired) electrons. The quantitative estimate of drug-likeness (QED) is 0.560. The van der Waals surface area contributed by atoms with Gasteiger partial charge in [-0.1, -0.05) is 0 Å². The summed E-state index contributed by atoms with van der Waals surface area (Å²) < 4.78 is 49.2. The summed E-state index contributed by atoms with van der Waals surface area (Å²) in [5.74, 6) is -2.20. The summed E-state index contributed by atoms with van der Waals surface area (Å²) in [6, 6.07) is 1.38. The predicted octanol–water partition coefficient (Wildman–Crippen LogP) is 3.03. The fourth-order valence-electron chi connectivity index (χ4n) is 4.49. The molecule has 4 N–H and O–H groups in total. The predicted molar refractivity (Wildman–Crippen MR) is 113 cm³/mol. The van der Waals surface area contributed by atoms with Crippen molar-refractivity contribution >= 4 is 23.7 Å². The molecule has 5 rings (SSSR count). The van der Waals surface area contributed by atoms with Gasteiger partial charge in [0.05, 0.1) is 25.0 Å². The molecule has 0 amide bonds. The van der Waals surface area contributed by atoms with E-state index in [0.29, 0.717) is 43.3 Å². The van der Waals surface area contributed by atoms with Crippen LogP contribution in [-0.4, -0.2) is 52.5 Å². The van der Waals surface area contributed by atoms with Gasteiger partial charge in [-0.3, -0.25) is 14.9 Å². The largest absolute Gasteiger partial charge is 0.393 e. The number of nitrogens with zero attached hydrogens (tertiary/aromatic N) is 3. The van der Waals surface area contributed by atoms with Gasteiger partial charge >= 0.3 is 0 Å². The molecule has 8 nitrogen and oxygen atoms in total. The highest BCUT2D eigenvalue weighted by Crippen LogP contribution is 2.35. The van der Waals surface area contributed by atoms with E-state index in [1.165, 1.54) is 0 Å². The van der Waals surface area contributed by atoms with E-state index >= 15 is 0 Å². The third kappa shape index (κ3) is 4.19. The zero-order valence-electron chi connectivity index (χ0n) is 17.3. The Bertz CT molecular complexity index is 992. The van der Waals surface area contributed by atoms with Gasteiger partial charge in [0.25, 0.3) is 0 Å². The summed E-state index contributed by atoms with van der Waals surface area (Å²) in [5, 5.41) is 19.2. The standard InChI is InChI=1S/C21H25F3N6O2/c22-11-7-15(23)18(16(24)8-11)28-21-27-17-9-25-20(26-12-1-3-14(31)4-2-12)29-19(17)30(21)13-5-6-32-10-13/h7-9,12-14,20,26,29,31H,1-6,10H2,(H,27,28). The maximum Gasteiger partial charge on any atom is 0.210 e. The van der Waals surface area contributed by atoms with Crippen molar-refractivity contribution in [1.82, 2.24) is 14.9 Å². The number of benzene rings is 1. The zero-order valence-corrected chi connectivity index (χ0v) is 17.3. The van der Waals surface area contributed by atoms with E-state index in [4.69, 9.17) is 4.74 Å². The molecule has 0 spiro atoms. The Balaban J connectivity index is 1.42. The third-order valence-electron chi connectivity index (χ3n) is 6.16. The first kappa shape index (κ1) is 21.2. The number of imidazole rings is 1. The Morgan fingerprint density at radius 2 is 1.84 bits per heavy atom. The number of anilines is 3. The number of aliphatic hydroxyl groups excluding tert-OH is 1. The minimum absolute atomic E-state index is 0.0928. The highest BCUT2D eigenvalue weighted by atomic mass is 19.1. The van der Waals surface area contributed by atoms with E-state index in [9.17, 15) is 18.3 Å². The van der Waals surface area contributed by atoms with E-state index in [2.05, 4.69) is 25.9 Å². The molecule has 3 aliphatic rings. The normalized spacial score (nSPS) is 27.2. The molecule has 1 aromatic heterocycles. The molecule has 32 heavy (non-hydrogen) atoms. The molecule has 2 aliphatic heterocycles. The summed E-state index contributed by atoms with van der Waals surface area (Å²) in [4.78, 5) is 8.96. The molecule has 0 bridgehead atoms. The number of aliphatic imine (C=N–C) groups is 1. The lowest BCUT2D eigenvalue weighted by molar-refractivity contribution is 0.115. The van der Waals surface area contributed by atoms with Crippen LogP contribution in [0, 0.1) is 17.5 Å². The number of rotatable bonds is 5. The molecule has 3 heterocycles.